The minimum absolute atomic E-state index is 0.181. The number of aryl methyl sites for hydroxylation is 1. The van der Waals surface area contributed by atoms with Gasteiger partial charge in [0.2, 0.25) is 0 Å². The molecule has 0 spiro atoms. The van der Waals surface area contributed by atoms with Gasteiger partial charge in [-0.3, -0.25) is 0 Å². The number of allylic oxidation sites excluding steroid dienone is 1. The lowest BCUT2D eigenvalue weighted by atomic mass is 9.71. The number of fused-ring (bicyclic) bond motifs is 3. The molecule has 3 aromatic rings. The van der Waals surface area contributed by atoms with Crippen molar-refractivity contribution >= 4 is 0 Å². The van der Waals surface area contributed by atoms with Gasteiger partial charge in [0, 0.05) is 12.2 Å². The molecule has 0 atom stereocenters. The maximum absolute atomic E-state index is 4.64. The van der Waals surface area contributed by atoms with Gasteiger partial charge in [-0.15, -0.1) is 0 Å². The van der Waals surface area contributed by atoms with Crippen molar-refractivity contribution in [1.29, 1.82) is 0 Å². The molecule has 0 bridgehead atoms. The van der Waals surface area contributed by atoms with E-state index in [2.05, 4.69) is 112 Å². The maximum atomic E-state index is 4.64. The zero-order valence-corrected chi connectivity index (χ0v) is 19.2. The molecule has 0 saturated heterocycles. The minimum atomic E-state index is -0.181. The Morgan fingerprint density at radius 2 is 1.35 bits per heavy atom. The van der Waals surface area contributed by atoms with Gasteiger partial charge in [-0.05, 0) is 58.9 Å². The van der Waals surface area contributed by atoms with Crippen molar-refractivity contribution in [2.45, 2.75) is 51.9 Å². The Balaban J connectivity index is 1.68. The van der Waals surface area contributed by atoms with Crippen LogP contribution < -0.4 is 5.32 Å². The molecular formula is C30H35N. The van der Waals surface area contributed by atoms with Crippen LogP contribution in [0, 0.1) is 5.41 Å². The fraction of sp³-hybridized carbons (Fsp3) is 0.333. The van der Waals surface area contributed by atoms with E-state index in [-0.39, 0.29) is 5.41 Å². The molecule has 31 heavy (non-hydrogen) atoms. The molecule has 1 aliphatic carbocycles. The summed E-state index contributed by atoms with van der Waals surface area (Å²) in [7, 11) is 0. The van der Waals surface area contributed by atoms with Crippen molar-refractivity contribution in [2.75, 3.05) is 6.54 Å². The summed E-state index contributed by atoms with van der Waals surface area (Å²) < 4.78 is 0. The standard InChI is InChI=1S/C30H35N/c1-23(31-22-21-29(2,3)4)30(20-12-15-24-13-6-5-7-14-24)27-18-10-8-16-25(27)26-17-9-11-19-28(26)30/h5-11,13-14,16-19,31H,1,12,15,20-22H2,2-4H3. The quantitative estimate of drug-likeness (QED) is 0.406. The molecule has 0 aliphatic heterocycles. The third kappa shape index (κ3) is 4.32. The second-order valence-electron chi connectivity index (χ2n) is 10.1. The Labute approximate surface area is 188 Å². The van der Waals surface area contributed by atoms with Crippen LogP contribution in [0.4, 0.5) is 0 Å². The first kappa shape index (κ1) is 21.4. The summed E-state index contributed by atoms with van der Waals surface area (Å²) in [6.07, 6.45) is 4.38. The van der Waals surface area contributed by atoms with E-state index in [1.807, 2.05) is 0 Å². The molecule has 3 aromatic carbocycles. The summed E-state index contributed by atoms with van der Waals surface area (Å²) in [5.41, 5.74) is 8.19. The van der Waals surface area contributed by atoms with E-state index in [0.29, 0.717) is 5.41 Å². The van der Waals surface area contributed by atoms with Crippen molar-refractivity contribution in [2.24, 2.45) is 5.41 Å². The van der Waals surface area contributed by atoms with E-state index in [4.69, 9.17) is 0 Å². The van der Waals surface area contributed by atoms with Crippen LogP contribution in [0.5, 0.6) is 0 Å². The molecule has 0 saturated carbocycles. The summed E-state index contributed by atoms with van der Waals surface area (Å²) >= 11 is 0. The molecule has 0 unspecified atom stereocenters. The van der Waals surface area contributed by atoms with E-state index in [0.717, 1.165) is 37.9 Å². The van der Waals surface area contributed by atoms with Crippen molar-refractivity contribution in [3.05, 3.63) is 108 Å². The summed E-state index contributed by atoms with van der Waals surface area (Å²) in [4.78, 5) is 0. The number of hydrogen-bond donors (Lipinski definition) is 1. The van der Waals surface area contributed by atoms with Gasteiger partial charge in [0.1, 0.15) is 0 Å². The average Bonchev–Trinajstić information content (AvgIpc) is 3.05. The zero-order chi connectivity index (χ0) is 21.9. The Kier molecular flexibility index (Phi) is 6.05. The van der Waals surface area contributed by atoms with Crippen LogP contribution in [-0.2, 0) is 11.8 Å². The van der Waals surface area contributed by atoms with Gasteiger partial charge in [0.25, 0.3) is 0 Å². The second-order valence-corrected chi connectivity index (χ2v) is 10.1. The van der Waals surface area contributed by atoms with Crippen LogP contribution in [0.1, 0.15) is 56.7 Å². The van der Waals surface area contributed by atoms with Gasteiger partial charge in [0.15, 0.2) is 0 Å². The number of rotatable bonds is 8. The lowest BCUT2D eigenvalue weighted by molar-refractivity contribution is 0.367. The van der Waals surface area contributed by atoms with Crippen molar-refractivity contribution in [3.8, 4) is 11.1 Å². The second kappa shape index (κ2) is 8.75. The predicted octanol–water partition coefficient (Wildman–Crippen LogP) is 7.52. The van der Waals surface area contributed by atoms with E-state index in [1.165, 1.54) is 27.8 Å². The number of benzene rings is 3. The Morgan fingerprint density at radius 3 is 1.94 bits per heavy atom. The minimum Gasteiger partial charge on any atom is -0.388 e. The maximum Gasteiger partial charge on any atom is 0.0604 e. The smallest absolute Gasteiger partial charge is 0.0604 e. The molecule has 1 aliphatic rings. The van der Waals surface area contributed by atoms with Crippen LogP contribution >= 0.6 is 0 Å². The van der Waals surface area contributed by atoms with Gasteiger partial charge in [-0.2, -0.15) is 0 Å². The molecular weight excluding hydrogens is 374 g/mol. The fourth-order valence-corrected chi connectivity index (χ4v) is 5.01. The van der Waals surface area contributed by atoms with Gasteiger partial charge < -0.3 is 5.32 Å². The molecule has 0 amide bonds. The lowest BCUT2D eigenvalue weighted by Gasteiger charge is -2.35. The van der Waals surface area contributed by atoms with Crippen LogP contribution in [0.15, 0.2) is 91.1 Å². The average molecular weight is 410 g/mol. The molecule has 160 valence electrons. The highest BCUT2D eigenvalue weighted by atomic mass is 14.9. The number of nitrogens with one attached hydrogen (secondary N) is 1. The third-order valence-electron chi connectivity index (χ3n) is 6.65. The molecule has 0 fully saturated rings. The first-order valence-corrected chi connectivity index (χ1v) is 11.6. The molecule has 1 N–H and O–H groups in total. The van der Waals surface area contributed by atoms with Crippen molar-refractivity contribution in [3.63, 3.8) is 0 Å². The Hall–Kier alpha value is -2.80. The highest BCUT2D eigenvalue weighted by molar-refractivity contribution is 5.82. The first-order valence-electron chi connectivity index (χ1n) is 11.6. The Bertz CT molecular complexity index is 994. The summed E-state index contributed by atoms with van der Waals surface area (Å²) in [5, 5.41) is 3.76. The van der Waals surface area contributed by atoms with Gasteiger partial charge in [-0.1, -0.05) is 106 Å². The van der Waals surface area contributed by atoms with E-state index in [1.54, 1.807) is 0 Å². The molecule has 0 heterocycles. The van der Waals surface area contributed by atoms with Crippen LogP contribution in [0.2, 0.25) is 0 Å². The lowest BCUT2D eigenvalue weighted by Crippen LogP contribution is -2.36. The van der Waals surface area contributed by atoms with E-state index >= 15 is 0 Å². The van der Waals surface area contributed by atoms with Crippen LogP contribution in [0.25, 0.3) is 11.1 Å². The zero-order valence-electron chi connectivity index (χ0n) is 19.2. The van der Waals surface area contributed by atoms with Crippen molar-refractivity contribution in [1.82, 2.24) is 5.32 Å². The van der Waals surface area contributed by atoms with E-state index < -0.39 is 0 Å². The highest BCUT2D eigenvalue weighted by Crippen LogP contribution is 2.54. The molecule has 0 radical (unpaired) electrons. The summed E-state index contributed by atoms with van der Waals surface area (Å²) in [6.45, 7) is 12.5. The summed E-state index contributed by atoms with van der Waals surface area (Å²) in [6, 6.07) is 28.7. The monoisotopic (exact) mass is 409 g/mol. The largest absolute Gasteiger partial charge is 0.388 e. The normalized spacial score (nSPS) is 14.0. The van der Waals surface area contributed by atoms with Crippen LogP contribution in [0.3, 0.4) is 0 Å². The topological polar surface area (TPSA) is 12.0 Å². The molecule has 4 rings (SSSR count). The van der Waals surface area contributed by atoms with Gasteiger partial charge in [-0.25, -0.2) is 0 Å². The van der Waals surface area contributed by atoms with Gasteiger partial charge in [0.05, 0.1) is 5.41 Å². The van der Waals surface area contributed by atoms with Crippen LogP contribution in [-0.4, -0.2) is 6.54 Å². The number of hydrogen-bond acceptors (Lipinski definition) is 1. The first-order chi connectivity index (χ1) is 14.9. The summed E-state index contributed by atoms with van der Waals surface area (Å²) in [5.74, 6) is 0. The predicted molar refractivity (Wildman–Crippen MR) is 133 cm³/mol. The molecule has 0 aromatic heterocycles. The fourth-order valence-electron chi connectivity index (χ4n) is 5.01. The Morgan fingerprint density at radius 1 is 0.806 bits per heavy atom. The molecule has 1 nitrogen and oxygen atoms in total. The SMILES string of the molecule is C=C(NCCC(C)(C)C)C1(CCCc2ccccc2)c2ccccc2-c2ccccc21. The van der Waals surface area contributed by atoms with Gasteiger partial charge >= 0.3 is 0 Å². The molecule has 1 heteroatoms. The van der Waals surface area contributed by atoms with E-state index in [9.17, 15) is 0 Å². The highest BCUT2D eigenvalue weighted by Gasteiger charge is 2.44. The van der Waals surface area contributed by atoms with Crippen molar-refractivity contribution < 1.29 is 0 Å². The third-order valence-corrected chi connectivity index (χ3v) is 6.65.